The van der Waals surface area contributed by atoms with Crippen LogP contribution in [0, 0.1) is 0 Å². The monoisotopic (exact) mass is 371 g/mol. The zero-order valence-corrected chi connectivity index (χ0v) is 15.9. The van der Waals surface area contributed by atoms with Gasteiger partial charge in [0.15, 0.2) is 0 Å². The maximum absolute atomic E-state index is 11.9. The van der Waals surface area contributed by atoms with Crippen LogP contribution >= 0.6 is 0 Å². The Hall–Kier alpha value is -2.86. The summed E-state index contributed by atoms with van der Waals surface area (Å²) in [5.41, 5.74) is 0.341. The summed E-state index contributed by atoms with van der Waals surface area (Å²) in [6, 6.07) is 13.3. The summed E-state index contributed by atoms with van der Waals surface area (Å²) in [5.74, 6) is 0.0240. The third-order valence-electron chi connectivity index (χ3n) is 3.74. The molecule has 1 N–H and O–H groups in total. The van der Waals surface area contributed by atoms with Crippen LogP contribution in [0.3, 0.4) is 0 Å². The molecule has 0 bridgehead atoms. The Labute approximate surface area is 159 Å². The minimum absolute atomic E-state index is 0.224. The van der Waals surface area contributed by atoms with E-state index in [1.165, 1.54) is 0 Å². The van der Waals surface area contributed by atoms with Crippen LogP contribution in [0.4, 0.5) is 4.79 Å². The highest BCUT2D eigenvalue weighted by atomic mass is 16.6. The van der Waals surface area contributed by atoms with E-state index in [2.05, 4.69) is 11.9 Å². The Morgan fingerprint density at radius 1 is 1.07 bits per heavy atom. The second-order valence-corrected chi connectivity index (χ2v) is 6.42. The molecule has 0 radical (unpaired) electrons. The lowest BCUT2D eigenvalue weighted by Crippen LogP contribution is -2.35. The van der Waals surface area contributed by atoms with Gasteiger partial charge in [-0.25, -0.2) is 9.59 Å². The molecule has 0 saturated carbocycles. The highest BCUT2D eigenvalue weighted by Crippen LogP contribution is 2.20. The standard InChI is InChI=1S/C21H25NO5/c1-14(2)20(23)26-16(4)13-25-15(3)12-22-21(24)27-19-10-9-17-7-5-6-8-18(17)11-19/h5-11,15-16H,1,12-13H2,2-4H3,(H,22,24). The fourth-order valence-corrected chi connectivity index (χ4v) is 2.28. The number of ether oxygens (including phenoxy) is 3. The van der Waals surface area contributed by atoms with Gasteiger partial charge in [-0.1, -0.05) is 36.9 Å². The summed E-state index contributed by atoms with van der Waals surface area (Å²) in [5, 5.41) is 4.73. The van der Waals surface area contributed by atoms with E-state index >= 15 is 0 Å². The Bertz CT molecular complexity index is 817. The van der Waals surface area contributed by atoms with Crippen molar-refractivity contribution in [3.63, 3.8) is 0 Å². The highest BCUT2D eigenvalue weighted by molar-refractivity contribution is 5.87. The molecule has 2 aromatic carbocycles. The molecule has 2 unspecified atom stereocenters. The topological polar surface area (TPSA) is 73.9 Å². The van der Waals surface area contributed by atoms with E-state index in [1.54, 1.807) is 19.9 Å². The lowest BCUT2D eigenvalue weighted by atomic mass is 10.1. The van der Waals surface area contributed by atoms with Crippen LogP contribution in [0.25, 0.3) is 10.8 Å². The van der Waals surface area contributed by atoms with Gasteiger partial charge in [0.2, 0.25) is 0 Å². The minimum atomic E-state index is -0.553. The molecule has 2 rings (SSSR count). The third-order valence-corrected chi connectivity index (χ3v) is 3.74. The van der Waals surface area contributed by atoms with E-state index in [0.29, 0.717) is 11.3 Å². The van der Waals surface area contributed by atoms with Crippen molar-refractivity contribution in [2.75, 3.05) is 13.2 Å². The zero-order valence-electron chi connectivity index (χ0n) is 15.9. The van der Waals surface area contributed by atoms with Gasteiger partial charge in [-0.2, -0.15) is 0 Å². The molecular weight excluding hydrogens is 346 g/mol. The van der Waals surface area contributed by atoms with E-state index in [0.717, 1.165) is 10.8 Å². The molecule has 0 spiro atoms. The summed E-state index contributed by atoms with van der Waals surface area (Å²) in [6.45, 7) is 9.15. The van der Waals surface area contributed by atoms with Gasteiger partial charge in [0.1, 0.15) is 11.9 Å². The first-order chi connectivity index (χ1) is 12.8. The summed E-state index contributed by atoms with van der Waals surface area (Å²) in [7, 11) is 0. The van der Waals surface area contributed by atoms with Crippen molar-refractivity contribution in [1.29, 1.82) is 0 Å². The Balaban J connectivity index is 1.72. The Morgan fingerprint density at radius 2 is 1.78 bits per heavy atom. The first-order valence-electron chi connectivity index (χ1n) is 8.77. The molecule has 0 aliphatic carbocycles. The molecule has 0 heterocycles. The average molecular weight is 371 g/mol. The van der Waals surface area contributed by atoms with Crippen molar-refractivity contribution in [3.8, 4) is 5.75 Å². The second kappa shape index (κ2) is 9.73. The number of rotatable bonds is 8. The Morgan fingerprint density at radius 3 is 2.48 bits per heavy atom. The van der Waals surface area contributed by atoms with E-state index in [9.17, 15) is 9.59 Å². The van der Waals surface area contributed by atoms with Crippen LogP contribution in [0.2, 0.25) is 0 Å². The average Bonchev–Trinajstić information content (AvgIpc) is 2.64. The van der Waals surface area contributed by atoms with Gasteiger partial charge in [-0.3, -0.25) is 0 Å². The fraction of sp³-hybridized carbons (Fsp3) is 0.333. The number of amides is 1. The summed E-state index contributed by atoms with van der Waals surface area (Å²) >= 11 is 0. The van der Waals surface area contributed by atoms with Gasteiger partial charge in [-0.15, -0.1) is 0 Å². The van der Waals surface area contributed by atoms with Gasteiger partial charge >= 0.3 is 12.1 Å². The van der Waals surface area contributed by atoms with Crippen molar-refractivity contribution in [3.05, 3.63) is 54.6 Å². The molecule has 2 aromatic rings. The van der Waals surface area contributed by atoms with Crippen molar-refractivity contribution in [2.45, 2.75) is 33.0 Å². The van der Waals surface area contributed by atoms with Crippen LogP contribution in [0.15, 0.2) is 54.6 Å². The van der Waals surface area contributed by atoms with Gasteiger partial charge in [0, 0.05) is 12.1 Å². The molecular formula is C21H25NO5. The number of carbonyl (C=O) groups is 2. The number of nitrogens with one attached hydrogen (secondary N) is 1. The number of hydrogen-bond acceptors (Lipinski definition) is 5. The maximum Gasteiger partial charge on any atom is 0.412 e. The number of hydrogen-bond donors (Lipinski definition) is 1. The first kappa shape index (κ1) is 20.5. The lowest BCUT2D eigenvalue weighted by molar-refractivity contribution is -0.147. The summed E-state index contributed by atoms with van der Waals surface area (Å²) < 4.78 is 16.0. The Kier molecular flexibility index (Phi) is 7.37. The van der Waals surface area contributed by atoms with Crippen LogP contribution < -0.4 is 10.1 Å². The number of fused-ring (bicyclic) bond motifs is 1. The van der Waals surface area contributed by atoms with Crippen molar-refractivity contribution in [2.24, 2.45) is 0 Å². The zero-order chi connectivity index (χ0) is 19.8. The first-order valence-corrected chi connectivity index (χ1v) is 8.77. The lowest BCUT2D eigenvalue weighted by Gasteiger charge is -2.18. The summed E-state index contributed by atoms with van der Waals surface area (Å²) in [4.78, 5) is 23.4. The molecule has 0 aliphatic heterocycles. The third kappa shape index (κ3) is 6.75. The maximum atomic E-state index is 11.9. The van der Waals surface area contributed by atoms with E-state index in [1.807, 2.05) is 43.3 Å². The van der Waals surface area contributed by atoms with Crippen LogP contribution in [0.1, 0.15) is 20.8 Å². The fourth-order valence-electron chi connectivity index (χ4n) is 2.28. The molecule has 144 valence electrons. The molecule has 6 nitrogen and oxygen atoms in total. The van der Waals surface area contributed by atoms with E-state index < -0.39 is 18.2 Å². The van der Waals surface area contributed by atoms with Gasteiger partial charge < -0.3 is 19.5 Å². The largest absolute Gasteiger partial charge is 0.457 e. The molecule has 0 aliphatic rings. The minimum Gasteiger partial charge on any atom is -0.457 e. The van der Waals surface area contributed by atoms with E-state index in [-0.39, 0.29) is 19.3 Å². The molecule has 2 atom stereocenters. The number of benzene rings is 2. The molecule has 6 heteroatoms. The van der Waals surface area contributed by atoms with Gasteiger partial charge in [-0.05, 0) is 43.7 Å². The van der Waals surface area contributed by atoms with Crippen LogP contribution in [-0.2, 0) is 14.3 Å². The molecule has 27 heavy (non-hydrogen) atoms. The molecule has 0 aromatic heterocycles. The quantitative estimate of drug-likeness (QED) is 0.564. The molecule has 1 amide bonds. The van der Waals surface area contributed by atoms with Crippen molar-refractivity contribution < 1.29 is 23.8 Å². The predicted octanol–water partition coefficient (Wildman–Crippen LogP) is 3.84. The normalized spacial score (nSPS) is 12.9. The number of carbonyl (C=O) groups excluding carboxylic acids is 2. The van der Waals surface area contributed by atoms with Crippen LogP contribution in [-0.4, -0.2) is 37.4 Å². The highest BCUT2D eigenvalue weighted by Gasteiger charge is 2.13. The van der Waals surface area contributed by atoms with Crippen LogP contribution in [0.5, 0.6) is 5.75 Å². The summed E-state index contributed by atoms with van der Waals surface area (Å²) in [6.07, 6.45) is -1.22. The smallest absolute Gasteiger partial charge is 0.412 e. The predicted molar refractivity (Wildman–Crippen MR) is 104 cm³/mol. The van der Waals surface area contributed by atoms with E-state index in [4.69, 9.17) is 14.2 Å². The second-order valence-electron chi connectivity index (χ2n) is 6.42. The molecule has 0 saturated heterocycles. The molecule has 0 fully saturated rings. The van der Waals surface area contributed by atoms with Crippen molar-refractivity contribution in [1.82, 2.24) is 5.32 Å². The SMILES string of the molecule is C=C(C)C(=O)OC(C)COC(C)CNC(=O)Oc1ccc2ccccc2c1. The van der Waals surface area contributed by atoms with Gasteiger partial charge in [0.25, 0.3) is 0 Å². The van der Waals surface area contributed by atoms with Gasteiger partial charge in [0.05, 0.1) is 12.7 Å². The van der Waals surface area contributed by atoms with Crippen molar-refractivity contribution >= 4 is 22.8 Å². The number of esters is 1.